The summed E-state index contributed by atoms with van der Waals surface area (Å²) in [5, 5.41) is 10.0. The second-order valence-corrected chi connectivity index (χ2v) is 21.6. The van der Waals surface area contributed by atoms with Crippen LogP contribution in [-0.4, -0.2) is 32.2 Å². The molecule has 4 heterocycles. The first kappa shape index (κ1) is 39.2. The molecule has 3 aromatic heterocycles. The fraction of sp³-hybridized carbons (Fsp3) is 0. The van der Waals surface area contributed by atoms with Crippen LogP contribution in [0.15, 0.2) is 249 Å². The molecule has 10 aromatic carbocycles. The van der Waals surface area contributed by atoms with E-state index in [4.69, 9.17) is 15.0 Å². The van der Waals surface area contributed by atoms with Crippen molar-refractivity contribution in [3.05, 3.63) is 249 Å². The zero-order valence-corrected chi connectivity index (χ0v) is 38.4. The summed E-state index contributed by atoms with van der Waals surface area (Å²) in [6.07, 6.45) is 0. The summed E-state index contributed by atoms with van der Waals surface area (Å²) in [5.74, 6) is 1.71. The van der Waals surface area contributed by atoms with Gasteiger partial charge in [-0.25, -0.2) is 0 Å². The third-order valence-corrected chi connectivity index (χ3v) is 19.2. The predicted octanol–water partition coefficient (Wildman–Crippen LogP) is 12.4. The topological polar surface area (TPSA) is 48.5 Å². The van der Waals surface area contributed by atoms with Crippen LogP contribution >= 0.6 is 0 Å². The molecule has 0 saturated carbocycles. The van der Waals surface area contributed by atoms with Crippen molar-refractivity contribution in [2.24, 2.45) is 0 Å². The fourth-order valence-corrected chi connectivity index (χ4v) is 16.6. The van der Waals surface area contributed by atoms with Crippen LogP contribution in [0.5, 0.6) is 0 Å². The van der Waals surface area contributed by atoms with Gasteiger partial charge in [-0.05, 0) is 84.5 Å². The van der Waals surface area contributed by atoms with Crippen molar-refractivity contribution < 1.29 is 0 Å². The van der Waals surface area contributed by atoms with Gasteiger partial charge in [0.2, 0.25) is 11.9 Å². The van der Waals surface area contributed by atoms with Crippen molar-refractivity contribution in [2.75, 3.05) is 0 Å². The largest absolute Gasteiger partial charge is 0.278 e. The van der Waals surface area contributed by atoms with Gasteiger partial charge in [0.1, 0.15) is 0 Å². The van der Waals surface area contributed by atoms with E-state index in [-0.39, 0.29) is 0 Å². The number of aromatic nitrogens is 5. The smallest absolute Gasteiger partial charge is 0.240 e. The first-order valence-electron chi connectivity index (χ1n) is 23.5. The molecule has 0 unspecified atom stereocenters. The van der Waals surface area contributed by atoms with Crippen molar-refractivity contribution in [1.29, 1.82) is 0 Å². The molecule has 322 valence electrons. The van der Waals surface area contributed by atoms with Crippen LogP contribution in [0.1, 0.15) is 0 Å². The lowest BCUT2D eigenvalue weighted by Gasteiger charge is -2.36. The maximum Gasteiger partial charge on any atom is 0.240 e. The Morgan fingerprint density at radius 2 is 0.652 bits per heavy atom. The Kier molecular flexibility index (Phi) is 8.84. The number of hydrogen-bond acceptors (Lipinski definition) is 3. The Bertz CT molecular complexity index is 3860. The molecule has 0 atom stereocenters. The lowest BCUT2D eigenvalue weighted by molar-refractivity contribution is 0.893. The average Bonchev–Trinajstić information content (AvgIpc) is 3.91. The van der Waals surface area contributed by atoms with Gasteiger partial charge < -0.3 is 0 Å². The predicted molar refractivity (Wildman–Crippen MR) is 287 cm³/mol. The molecule has 0 aliphatic carbocycles. The van der Waals surface area contributed by atoms with Gasteiger partial charge in [-0.15, -0.1) is 0 Å². The van der Waals surface area contributed by atoms with Crippen LogP contribution in [0.25, 0.3) is 100 Å². The molecule has 0 bridgehead atoms. The standard InChI is InChI=1S/C63H41N5Si/c1-2-23-45(24-3-1)69(59-38-16-10-32-53(59)47-26-4-5-27-48(47)54-33-11-17-39-60(54)69)46-25-19-21-43(41-46)42-20-18-22-44(40-42)61-64-62(67-55-34-12-6-28-49(55)50-29-7-13-35-56(50)67)66-63(65-61)68-57-36-14-8-30-51(57)52-31-9-15-37-58(52)68/h1-41H. The molecule has 0 N–H and O–H groups in total. The molecule has 6 heteroatoms. The van der Waals surface area contributed by atoms with Crippen LogP contribution in [0.4, 0.5) is 0 Å². The third-order valence-electron chi connectivity index (χ3n) is 14.3. The van der Waals surface area contributed by atoms with E-state index in [1.54, 1.807) is 0 Å². The van der Waals surface area contributed by atoms with Gasteiger partial charge in [0.15, 0.2) is 13.9 Å². The highest BCUT2D eigenvalue weighted by Gasteiger charge is 2.46. The van der Waals surface area contributed by atoms with Crippen molar-refractivity contribution in [3.8, 4) is 56.7 Å². The van der Waals surface area contributed by atoms with Crippen LogP contribution in [-0.2, 0) is 0 Å². The molecule has 0 fully saturated rings. The van der Waals surface area contributed by atoms with E-state index in [2.05, 4.69) is 258 Å². The monoisotopic (exact) mass is 895 g/mol. The first-order chi connectivity index (χ1) is 34.2. The number of rotatable bonds is 6. The Hall–Kier alpha value is -8.97. The maximum atomic E-state index is 5.41. The summed E-state index contributed by atoms with van der Waals surface area (Å²) in [4.78, 5) is 16.2. The number of para-hydroxylation sites is 4. The number of hydrogen-bond donors (Lipinski definition) is 0. The highest BCUT2D eigenvalue weighted by molar-refractivity contribution is 7.21. The molecule has 0 spiro atoms. The molecule has 13 aromatic rings. The third kappa shape index (κ3) is 5.92. The minimum atomic E-state index is -2.97. The summed E-state index contributed by atoms with van der Waals surface area (Å²) in [7, 11) is -2.97. The summed E-state index contributed by atoms with van der Waals surface area (Å²) < 4.78 is 4.38. The quantitative estimate of drug-likeness (QED) is 0.156. The van der Waals surface area contributed by atoms with Crippen molar-refractivity contribution in [2.45, 2.75) is 0 Å². The van der Waals surface area contributed by atoms with E-state index in [1.807, 2.05) is 0 Å². The van der Waals surface area contributed by atoms with Crippen molar-refractivity contribution in [3.63, 3.8) is 0 Å². The molecule has 0 saturated heterocycles. The Morgan fingerprint density at radius 1 is 0.275 bits per heavy atom. The van der Waals surface area contributed by atoms with Crippen molar-refractivity contribution in [1.82, 2.24) is 24.1 Å². The zero-order valence-electron chi connectivity index (χ0n) is 37.4. The van der Waals surface area contributed by atoms with Gasteiger partial charge in [0.05, 0.1) is 22.1 Å². The minimum Gasteiger partial charge on any atom is -0.278 e. The summed E-state index contributed by atoms with van der Waals surface area (Å²) in [6, 6.07) is 90.6. The fourth-order valence-electron chi connectivity index (χ4n) is 11.4. The molecule has 14 rings (SSSR count). The van der Waals surface area contributed by atoms with E-state index in [0.717, 1.165) is 60.3 Å². The van der Waals surface area contributed by atoms with Gasteiger partial charge in [-0.2, -0.15) is 15.0 Å². The van der Waals surface area contributed by atoms with E-state index >= 15 is 0 Å². The molecule has 69 heavy (non-hydrogen) atoms. The Labute approximate surface area is 399 Å². The lowest BCUT2D eigenvalue weighted by Crippen LogP contribution is -2.75. The van der Waals surface area contributed by atoms with Crippen LogP contribution in [0.2, 0.25) is 0 Å². The zero-order chi connectivity index (χ0) is 45.5. The van der Waals surface area contributed by atoms with Crippen LogP contribution in [0.3, 0.4) is 0 Å². The van der Waals surface area contributed by atoms with Crippen molar-refractivity contribution >= 4 is 72.4 Å². The summed E-state index contributed by atoms with van der Waals surface area (Å²) in [6.45, 7) is 0. The highest BCUT2D eigenvalue weighted by atomic mass is 28.3. The first-order valence-corrected chi connectivity index (χ1v) is 25.5. The van der Waals surface area contributed by atoms with Gasteiger partial charge in [-0.3, -0.25) is 9.13 Å². The summed E-state index contributed by atoms with van der Waals surface area (Å²) >= 11 is 0. The highest BCUT2D eigenvalue weighted by Crippen LogP contribution is 2.38. The van der Waals surface area contributed by atoms with E-state index < -0.39 is 8.07 Å². The Balaban J connectivity index is 0.996. The molecular formula is C63H41N5Si. The van der Waals surface area contributed by atoms with Gasteiger partial charge in [-0.1, -0.05) is 218 Å². The number of benzene rings is 10. The van der Waals surface area contributed by atoms with E-state index in [1.165, 1.54) is 43.0 Å². The van der Waals surface area contributed by atoms with Gasteiger partial charge in [0, 0.05) is 27.1 Å². The minimum absolute atomic E-state index is 0.559. The Morgan fingerprint density at radius 3 is 1.16 bits per heavy atom. The molecular weight excluding hydrogens is 855 g/mol. The van der Waals surface area contributed by atoms with E-state index in [9.17, 15) is 0 Å². The molecule has 1 aliphatic heterocycles. The van der Waals surface area contributed by atoms with E-state index in [0.29, 0.717) is 17.7 Å². The average molecular weight is 896 g/mol. The normalized spacial score (nSPS) is 12.8. The molecule has 0 radical (unpaired) electrons. The maximum absolute atomic E-state index is 5.41. The SMILES string of the molecule is c1ccc([Si]2(c3cccc(-c4cccc(-c5nc(-n6c7ccccc7c7ccccc76)nc(-n6c7ccccc7c7ccccc76)n5)c4)c3)c3ccccc3-c3ccccc3-c3ccccc32)cc1. The second-order valence-electron chi connectivity index (χ2n) is 17.9. The summed E-state index contributed by atoms with van der Waals surface area (Å²) in [5.41, 5.74) is 12.4. The van der Waals surface area contributed by atoms with Crippen LogP contribution < -0.4 is 20.7 Å². The molecule has 5 nitrogen and oxygen atoms in total. The van der Waals surface area contributed by atoms with Crippen LogP contribution in [0, 0.1) is 0 Å². The molecule has 0 amide bonds. The number of fused-ring (bicyclic) bond motifs is 11. The molecule has 1 aliphatic rings. The van der Waals surface area contributed by atoms with Gasteiger partial charge >= 0.3 is 0 Å². The number of nitrogens with zero attached hydrogens (tertiary/aromatic N) is 5. The van der Waals surface area contributed by atoms with Gasteiger partial charge in [0.25, 0.3) is 0 Å². The second kappa shape index (κ2) is 15.6. The lowest BCUT2D eigenvalue weighted by atomic mass is 9.95.